The van der Waals surface area contributed by atoms with Gasteiger partial charge in [-0.3, -0.25) is 0 Å². The fourth-order valence-corrected chi connectivity index (χ4v) is 2.77. The first-order valence-electron chi connectivity index (χ1n) is 6.74. The lowest BCUT2D eigenvalue weighted by Crippen LogP contribution is -2.05. The minimum Gasteiger partial charge on any atom is -0.350 e. The molecule has 2 aromatic carbocycles. The molecule has 1 N–H and O–H groups in total. The number of aromatic amines is 1. The van der Waals surface area contributed by atoms with E-state index in [0.29, 0.717) is 22.3 Å². The molecule has 4 rings (SSSR count). The van der Waals surface area contributed by atoms with Crippen molar-refractivity contribution in [1.82, 2.24) is 9.97 Å². The fraction of sp³-hybridized carbons (Fsp3) is 0.0625. The van der Waals surface area contributed by atoms with Gasteiger partial charge in [0, 0.05) is 10.8 Å². The Morgan fingerprint density at radius 1 is 1.04 bits per heavy atom. The molecule has 0 saturated carbocycles. The van der Waals surface area contributed by atoms with E-state index in [-0.39, 0.29) is 11.2 Å². The standard InChI is InChI=1S/C16H8F3N3O/c17-16(18,19)8-5-6-11-12(7-8)21-15-13(20-11)9-3-1-2-4-10(9)14(15)22-23/h1-7,21H. The van der Waals surface area contributed by atoms with Crippen LogP contribution in [-0.4, -0.2) is 9.97 Å². The average molecular weight is 315 g/mol. The zero-order chi connectivity index (χ0) is 16.2. The molecule has 0 bridgehead atoms. The highest BCUT2D eigenvalue weighted by atomic mass is 19.4. The summed E-state index contributed by atoms with van der Waals surface area (Å²) in [5, 5.41) is 4.37. The Labute approximate surface area is 127 Å². The molecule has 7 heteroatoms. The molecule has 4 nitrogen and oxygen atoms in total. The van der Waals surface area contributed by atoms with Crippen molar-refractivity contribution in [2.45, 2.75) is 6.18 Å². The van der Waals surface area contributed by atoms with Crippen molar-refractivity contribution in [3.05, 3.63) is 52.9 Å². The molecule has 23 heavy (non-hydrogen) atoms. The Balaban J connectivity index is 2.12. The van der Waals surface area contributed by atoms with E-state index in [9.17, 15) is 18.1 Å². The molecule has 0 aromatic heterocycles. The van der Waals surface area contributed by atoms with Gasteiger partial charge in [0.1, 0.15) is 5.69 Å². The van der Waals surface area contributed by atoms with Crippen molar-refractivity contribution in [3.63, 3.8) is 0 Å². The molecule has 2 aromatic rings. The Morgan fingerprint density at radius 3 is 2.48 bits per heavy atom. The third-order valence-corrected chi connectivity index (χ3v) is 3.82. The number of H-pyrrole nitrogens is 1. The lowest BCUT2D eigenvalue weighted by Gasteiger charge is -2.09. The van der Waals surface area contributed by atoms with Crippen LogP contribution in [0, 0.1) is 4.91 Å². The van der Waals surface area contributed by atoms with E-state index in [0.717, 1.165) is 17.5 Å². The highest BCUT2D eigenvalue weighted by molar-refractivity contribution is 6.11. The van der Waals surface area contributed by atoms with E-state index in [1.165, 1.54) is 6.07 Å². The number of nitrogens with zero attached hydrogens (tertiary/aromatic N) is 2. The van der Waals surface area contributed by atoms with E-state index in [1.807, 2.05) is 0 Å². The van der Waals surface area contributed by atoms with Crippen LogP contribution in [0.3, 0.4) is 0 Å². The second kappa shape index (κ2) is 4.52. The van der Waals surface area contributed by atoms with Crippen molar-refractivity contribution >= 4 is 27.5 Å². The van der Waals surface area contributed by atoms with Gasteiger partial charge in [0.25, 0.3) is 0 Å². The molecular formula is C16H8F3N3O. The second-order valence-corrected chi connectivity index (χ2v) is 5.18. The minimum absolute atomic E-state index is 0.155. The van der Waals surface area contributed by atoms with E-state index < -0.39 is 11.7 Å². The first-order chi connectivity index (χ1) is 11.0. The minimum atomic E-state index is -4.44. The van der Waals surface area contributed by atoms with Crippen LogP contribution in [-0.2, 0) is 6.18 Å². The molecule has 0 saturated heterocycles. The van der Waals surface area contributed by atoms with Crippen LogP contribution in [0.2, 0.25) is 0 Å². The van der Waals surface area contributed by atoms with Gasteiger partial charge < -0.3 is 4.98 Å². The molecule has 0 fully saturated rings. The van der Waals surface area contributed by atoms with Crippen LogP contribution >= 0.6 is 0 Å². The molecule has 1 aliphatic carbocycles. The van der Waals surface area contributed by atoms with Crippen LogP contribution in [0.1, 0.15) is 5.56 Å². The molecule has 1 heterocycles. The van der Waals surface area contributed by atoms with Gasteiger partial charge >= 0.3 is 6.18 Å². The summed E-state index contributed by atoms with van der Waals surface area (Å²) >= 11 is 0. The lowest BCUT2D eigenvalue weighted by atomic mass is 10.1. The quantitative estimate of drug-likeness (QED) is 0.488. The van der Waals surface area contributed by atoms with Crippen LogP contribution in [0.15, 0.2) is 47.6 Å². The second-order valence-electron chi connectivity index (χ2n) is 5.18. The Morgan fingerprint density at radius 2 is 1.78 bits per heavy atom. The Kier molecular flexibility index (Phi) is 2.69. The molecule has 2 aliphatic rings. The maximum absolute atomic E-state index is 12.8. The monoisotopic (exact) mass is 315 g/mol. The number of nitroso groups, excluding NO2 is 1. The summed E-state index contributed by atoms with van der Waals surface area (Å²) in [7, 11) is 0. The third-order valence-electron chi connectivity index (χ3n) is 3.82. The van der Waals surface area contributed by atoms with E-state index in [1.54, 1.807) is 24.3 Å². The van der Waals surface area contributed by atoms with Gasteiger partial charge in [-0.25, -0.2) is 4.98 Å². The molecule has 0 atom stereocenters. The number of alkyl halides is 3. The summed E-state index contributed by atoms with van der Waals surface area (Å²) in [6.45, 7) is 0. The maximum Gasteiger partial charge on any atom is 0.416 e. The predicted octanol–water partition coefficient (Wildman–Crippen LogP) is 5.24. The summed E-state index contributed by atoms with van der Waals surface area (Å²) in [5.41, 5.74) is 0.822. The van der Waals surface area contributed by atoms with Crippen LogP contribution < -0.4 is 0 Å². The van der Waals surface area contributed by atoms with Gasteiger partial charge in [-0.05, 0) is 23.4 Å². The fourth-order valence-electron chi connectivity index (χ4n) is 2.77. The largest absolute Gasteiger partial charge is 0.416 e. The van der Waals surface area contributed by atoms with Crippen molar-refractivity contribution in [1.29, 1.82) is 0 Å². The third kappa shape index (κ3) is 1.97. The molecule has 0 unspecified atom stereocenters. The van der Waals surface area contributed by atoms with Gasteiger partial charge in [0.15, 0.2) is 0 Å². The zero-order valence-electron chi connectivity index (χ0n) is 11.5. The van der Waals surface area contributed by atoms with E-state index in [2.05, 4.69) is 15.1 Å². The molecule has 114 valence electrons. The van der Waals surface area contributed by atoms with Crippen LogP contribution in [0.25, 0.3) is 33.2 Å². The van der Waals surface area contributed by atoms with Gasteiger partial charge in [-0.2, -0.15) is 13.2 Å². The Hall–Kier alpha value is -2.96. The average Bonchev–Trinajstić information content (AvgIpc) is 2.84. The summed E-state index contributed by atoms with van der Waals surface area (Å²) in [6, 6.07) is 10.4. The van der Waals surface area contributed by atoms with E-state index in [4.69, 9.17) is 0 Å². The predicted molar refractivity (Wildman–Crippen MR) is 80.7 cm³/mol. The van der Waals surface area contributed by atoms with Gasteiger partial charge in [0.2, 0.25) is 0 Å². The molecular weight excluding hydrogens is 307 g/mol. The van der Waals surface area contributed by atoms with Crippen molar-refractivity contribution in [2.24, 2.45) is 5.18 Å². The maximum atomic E-state index is 12.8. The molecule has 0 spiro atoms. The van der Waals surface area contributed by atoms with Crippen molar-refractivity contribution in [3.8, 4) is 11.4 Å². The van der Waals surface area contributed by atoms with Crippen molar-refractivity contribution < 1.29 is 13.2 Å². The summed E-state index contributed by atoms with van der Waals surface area (Å²) in [4.78, 5) is 18.5. The molecule has 0 amide bonds. The zero-order valence-corrected chi connectivity index (χ0v) is 11.5. The first-order valence-corrected chi connectivity index (χ1v) is 6.74. The van der Waals surface area contributed by atoms with Crippen LogP contribution in [0.4, 0.5) is 18.9 Å². The summed E-state index contributed by atoms with van der Waals surface area (Å²) in [6.07, 6.45) is -4.44. The number of fused-ring (bicyclic) bond motifs is 4. The van der Waals surface area contributed by atoms with Crippen LogP contribution in [0.5, 0.6) is 0 Å². The number of rotatable bonds is 1. The number of aromatic nitrogens is 2. The number of nitrogens with one attached hydrogen (secondary N) is 1. The highest BCUT2D eigenvalue weighted by Gasteiger charge is 2.31. The lowest BCUT2D eigenvalue weighted by molar-refractivity contribution is -0.137. The molecule has 1 aliphatic heterocycles. The summed E-state index contributed by atoms with van der Waals surface area (Å²) < 4.78 is 38.5. The van der Waals surface area contributed by atoms with Crippen molar-refractivity contribution in [2.75, 3.05) is 0 Å². The van der Waals surface area contributed by atoms with Gasteiger partial charge in [-0.1, -0.05) is 24.3 Å². The van der Waals surface area contributed by atoms with Gasteiger partial charge in [-0.15, -0.1) is 4.91 Å². The number of hydrogen-bond acceptors (Lipinski definition) is 3. The normalized spacial score (nSPS) is 12.3. The Bertz CT molecular complexity index is 1040. The number of halogens is 3. The smallest absolute Gasteiger partial charge is 0.350 e. The number of benzene rings is 2. The topological polar surface area (TPSA) is 58.1 Å². The number of hydrogen-bond donors (Lipinski definition) is 1. The first kappa shape index (κ1) is 13.7. The SMILES string of the molecule is O=Nc1c2[nH]c3cc(C(F)(F)F)ccc3nc-2c2ccccc12. The molecule has 0 radical (unpaired) electrons. The van der Waals surface area contributed by atoms with Gasteiger partial charge in [0.05, 0.1) is 28.0 Å². The summed E-state index contributed by atoms with van der Waals surface area (Å²) in [5.74, 6) is 0. The van der Waals surface area contributed by atoms with E-state index >= 15 is 0 Å². The highest BCUT2D eigenvalue weighted by Crippen LogP contribution is 2.43.